The average Bonchev–Trinajstić information content (AvgIpc) is 2.88. The molecule has 3 amide bonds. The minimum absolute atomic E-state index is 0.0239. The Bertz CT molecular complexity index is 1040. The summed E-state index contributed by atoms with van der Waals surface area (Å²) in [6.07, 6.45) is 0.859. The van der Waals surface area contributed by atoms with Crippen LogP contribution in [0, 0.1) is 0 Å². The molecular formula is C27H33N3O5. The van der Waals surface area contributed by atoms with E-state index in [1.807, 2.05) is 44.2 Å². The molecule has 0 radical (unpaired) electrons. The second-order valence-electron chi connectivity index (χ2n) is 8.63. The molecule has 1 saturated heterocycles. The second-order valence-corrected chi connectivity index (χ2v) is 8.63. The number of amides is 3. The van der Waals surface area contributed by atoms with Crippen LogP contribution in [0.1, 0.15) is 49.5 Å². The zero-order chi connectivity index (χ0) is 25.4. The Morgan fingerprint density at radius 2 is 1.54 bits per heavy atom. The van der Waals surface area contributed by atoms with Gasteiger partial charge in [-0.3, -0.25) is 19.2 Å². The molecule has 0 aromatic heterocycles. The molecule has 1 aliphatic heterocycles. The van der Waals surface area contributed by atoms with Crippen molar-refractivity contribution < 1.29 is 23.9 Å². The van der Waals surface area contributed by atoms with E-state index in [2.05, 4.69) is 5.32 Å². The van der Waals surface area contributed by atoms with Crippen LogP contribution in [0.5, 0.6) is 0 Å². The van der Waals surface area contributed by atoms with Crippen molar-refractivity contribution in [3.05, 3.63) is 65.7 Å². The lowest BCUT2D eigenvalue weighted by Gasteiger charge is -2.40. The Kier molecular flexibility index (Phi) is 8.63. The number of nitrogens with zero attached hydrogens (tertiary/aromatic N) is 2. The standard InChI is InChI=1S/C27H33N3O5/c1-4-29(5-2)25(33)21-11-13-23(14-12-21)28-24(32)19-35-26(34)27(22-9-7-6-8-10-22)15-17-30(18-16-27)20(3)31/h6-14H,4-5,15-19H2,1-3H3,(H,28,32). The number of anilines is 1. The van der Waals surface area contributed by atoms with Gasteiger partial charge in [0.15, 0.2) is 6.61 Å². The van der Waals surface area contributed by atoms with Gasteiger partial charge in [-0.1, -0.05) is 30.3 Å². The summed E-state index contributed by atoms with van der Waals surface area (Å²) in [4.78, 5) is 53.4. The Labute approximate surface area is 206 Å². The Balaban J connectivity index is 1.62. The fraction of sp³-hybridized carbons (Fsp3) is 0.407. The fourth-order valence-electron chi connectivity index (χ4n) is 4.43. The number of esters is 1. The highest BCUT2D eigenvalue weighted by Gasteiger charge is 2.44. The van der Waals surface area contributed by atoms with E-state index in [1.165, 1.54) is 6.92 Å². The molecule has 35 heavy (non-hydrogen) atoms. The SMILES string of the molecule is CCN(CC)C(=O)c1ccc(NC(=O)COC(=O)C2(c3ccccc3)CCN(C(C)=O)CC2)cc1. The Morgan fingerprint density at radius 1 is 0.943 bits per heavy atom. The third-order valence-corrected chi connectivity index (χ3v) is 6.58. The van der Waals surface area contributed by atoms with Crippen LogP contribution in [0.2, 0.25) is 0 Å². The maximum atomic E-state index is 13.2. The molecule has 2 aromatic rings. The van der Waals surface area contributed by atoms with E-state index >= 15 is 0 Å². The van der Waals surface area contributed by atoms with Crippen molar-refractivity contribution in [2.45, 2.75) is 39.0 Å². The van der Waals surface area contributed by atoms with Crippen LogP contribution >= 0.6 is 0 Å². The van der Waals surface area contributed by atoms with Crippen molar-refractivity contribution in [1.29, 1.82) is 0 Å². The van der Waals surface area contributed by atoms with Gasteiger partial charge in [-0.25, -0.2) is 0 Å². The zero-order valence-corrected chi connectivity index (χ0v) is 20.6. The number of likely N-dealkylation sites (tertiary alicyclic amines) is 1. The third kappa shape index (κ3) is 6.07. The van der Waals surface area contributed by atoms with E-state index in [0.29, 0.717) is 50.3 Å². The maximum Gasteiger partial charge on any atom is 0.317 e. The van der Waals surface area contributed by atoms with Gasteiger partial charge in [-0.15, -0.1) is 0 Å². The van der Waals surface area contributed by atoms with Gasteiger partial charge >= 0.3 is 5.97 Å². The molecule has 2 aromatic carbocycles. The number of hydrogen-bond donors (Lipinski definition) is 1. The highest BCUT2D eigenvalue weighted by Crippen LogP contribution is 2.37. The van der Waals surface area contributed by atoms with E-state index in [1.54, 1.807) is 34.1 Å². The number of nitrogens with one attached hydrogen (secondary N) is 1. The number of benzene rings is 2. The number of piperidine rings is 1. The monoisotopic (exact) mass is 479 g/mol. The summed E-state index contributed by atoms with van der Waals surface area (Å²) in [6, 6.07) is 16.0. The number of ether oxygens (including phenoxy) is 1. The quantitative estimate of drug-likeness (QED) is 0.587. The molecule has 1 fully saturated rings. The molecule has 3 rings (SSSR count). The molecule has 0 atom stereocenters. The predicted octanol–water partition coefficient (Wildman–Crippen LogP) is 3.23. The van der Waals surface area contributed by atoms with Crippen molar-refractivity contribution in [1.82, 2.24) is 9.80 Å². The average molecular weight is 480 g/mol. The molecule has 0 bridgehead atoms. The number of hydrogen-bond acceptors (Lipinski definition) is 5. The van der Waals surface area contributed by atoms with E-state index in [-0.39, 0.29) is 11.8 Å². The van der Waals surface area contributed by atoms with Crippen LogP contribution in [-0.2, 0) is 24.5 Å². The van der Waals surface area contributed by atoms with Crippen LogP contribution < -0.4 is 5.32 Å². The normalized spacial score (nSPS) is 14.7. The Hall–Kier alpha value is -3.68. The van der Waals surface area contributed by atoms with Gasteiger partial charge in [0.05, 0.1) is 5.41 Å². The lowest BCUT2D eigenvalue weighted by molar-refractivity contribution is -0.156. The first-order valence-corrected chi connectivity index (χ1v) is 12.0. The summed E-state index contributed by atoms with van der Waals surface area (Å²) in [6.45, 7) is 7.08. The molecule has 186 valence electrons. The van der Waals surface area contributed by atoms with Crippen LogP contribution in [0.4, 0.5) is 5.69 Å². The van der Waals surface area contributed by atoms with E-state index in [4.69, 9.17) is 4.74 Å². The molecular weight excluding hydrogens is 446 g/mol. The fourth-order valence-corrected chi connectivity index (χ4v) is 4.43. The molecule has 0 saturated carbocycles. The molecule has 8 heteroatoms. The summed E-state index contributed by atoms with van der Waals surface area (Å²) in [5, 5.41) is 2.70. The maximum absolute atomic E-state index is 13.2. The molecule has 0 aliphatic carbocycles. The molecule has 0 unspecified atom stereocenters. The van der Waals surface area contributed by atoms with Crippen molar-refractivity contribution in [3.63, 3.8) is 0 Å². The molecule has 1 N–H and O–H groups in total. The molecule has 8 nitrogen and oxygen atoms in total. The summed E-state index contributed by atoms with van der Waals surface area (Å²) >= 11 is 0. The highest BCUT2D eigenvalue weighted by atomic mass is 16.5. The van der Waals surface area contributed by atoms with Crippen LogP contribution in [-0.4, -0.2) is 66.3 Å². The van der Waals surface area contributed by atoms with Crippen molar-refractivity contribution in [2.24, 2.45) is 0 Å². The lowest BCUT2D eigenvalue weighted by Crippen LogP contribution is -2.49. The first-order chi connectivity index (χ1) is 16.8. The van der Waals surface area contributed by atoms with Crippen LogP contribution in [0.15, 0.2) is 54.6 Å². The summed E-state index contributed by atoms with van der Waals surface area (Å²) in [7, 11) is 0. The lowest BCUT2D eigenvalue weighted by atomic mass is 9.72. The highest BCUT2D eigenvalue weighted by molar-refractivity contribution is 5.96. The van der Waals surface area contributed by atoms with Gasteiger partial charge in [0.2, 0.25) is 5.91 Å². The van der Waals surface area contributed by atoms with Crippen LogP contribution in [0.25, 0.3) is 0 Å². The van der Waals surface area contributed by atoms with Crippen LogP contribution in [0.3, 0.4) is 0 Å². The van der Waals surface area contributed by atoms with E-state index in [0.717, 1.165) is 5.56 Å². The number of carbonyl (C=O) groups excluding carboxylic acids is 4. The minimum atomic E-state index is -0.903. The Morgan fingerprint density at radius 3 is 2.09 bits per heavy atom. The molecule has 0 spiro atoms. The van der Waals surface area contributed by atoms with Crippen molar-refractivity contribution in [2.75, 3.05) is 38.1 Å². The molecule has 1 heterocycles. The van der Waals surface area contributed by atoms with E-state index < -0.39 is 23.9 Å². The van der Waals surface area contributed by atoms with Gasteiger partial charge in [-0.2, -0.15) is 0 Å². The second kappa shape index (κ2) is 11.6. The zero-order valence-electron chi connectivity index (χ0n) is 20.6. The summed E-state index contributed by atoms with van der Waals surface area (Å²) < 4.78 is 5.48. The van der Waals surface area contributed by atoms with Gasteiger partial charge in [0.25, 0.3) is 11.8 Å². The third-order valence-electron chi connectivity index (χ3n) is 6.58. The minimum Gasteiger partial charge on any atom is -0.455 e. The van der Waals surface area contributed by atoms with Gasteiger partial charge in [0.1, 0.15) is 0 Å². The van der Waals surface area contributed by atoms with Gasteiger partial charge < -0.3 is 19.9 Å². The summed E-state index contributed by atoms with van der Waals surface area (Å²) in [5.74, 6) is -1.03. The number of carbonyl (C=O) groups is 4. The van der Waals surface area contributed by atoms with Crippen molar-refractivity contribution >= 4 is 29.4 Å². The van der Waals surface area contributed by atoms with Gasteiger partial charge in [-0.05, 0) is 56.5 Å². The summed E-state index contributed by atoms with van der Waals surface area (Å²) in [5.41, 5.74) is 0.969. The van der Waals surface area contributed by atoms with E-state index in [9.17, 15) is 19.2 Å². The predicted molar refractivity (Wildman–Crippen MR) is 133 cm³/mol. The smallest absolute Gasteiger partial charge is 0.317 e. The number of rotatable bonds is 8. The first-order valence-electron chi connectivity index (χ1n) is 12.0. The molecule has 1 aliphatic rings. The first kappa shape index (κ1) is 25.9. The largest absolute Gasteiger partial charge is 0.455 e. The topological polar surface area (TPSA) is 96.0 Å². The van der Waals surface area contributed by atoms with Gasteiger partial charge in [0, 0.05) is 44.4 Å². The van der Waals surface area contributed by atoms with Crippen molar-refractivity contribution in [3.8, 4) is 0 Å².